The monoisotopic (exact) mass is 208 g/mol. The van der Waals surface area contributed by atoms with Gasteiger partial charge < -0.3 is 9.84 Å². The van der Waals surface area contributed by atoms with E-state index in [1.807, 2.05) is 25.1 Å². The van der Waals surface area contributed by atoms with Gasteiger partial charge in [-0.15, -0.1) is 11.3 Å². The third-order valence-electron chi connectivity index (χ3n) is 2.26. The Morgan fingerprint density at radius 3 is 2.86 bits per heavy atom. The number of benzene rings is 1. The lowest BCUT2D eigenvalue weighted by Crippen LogP contribution is -1.83. The zero-order chi connectivity index (χ0) is 10.1. The van der Waals surface area contributed by atoms with Gasteiger partial charge in [0.15, 0.2) is 0 Å². The molecule has 0 amide bonds. The Kier molecular flexibility index (Phi) is 2.44. The van der Waals surface area contributed by atoms with Gasteiger partial charge in [-0.25, -0.2) is 0 Å². The van der Waals surface area contributed by atoms with Crippen molar-refractivity contribution in [3.05, 3.63) is 28.6 Å². The maximum atomic E-state index is 9.00. The number of rotatable bonds is 2. The molecule has 2 rings (SSSR count). The number of fused-ring (bicyclic) bond motifs is 1. The van der Waals surface area contributed by atoms with Crippen LogP contribution in [0.2, 0.25) is 0 Å². The van der Waals surface area contributed by atoms with Gasteiger partial charge >= 0.3 is 0 Å². The third-order valence-corrected chi connectivity index (χ3v) is 3.31. The third kappa shape index (κ3) is 1.38. The average Bonchev–Trinajstić information content (AvgIpc) is 2.51. The van der Waals surface area contributed by atoms with E-state index in [1.165, 1.54) is 9.58 Å². The first-order valence-electron chi connectivity index (χ1n) is 4.43. The number of methoxy groups -OCH3 is 1. The molecule has 0 atom stereocenters. The van der Waals surface area contributed by atoms with Crippen LogP contribution in [0.3, 0.4) is 0 Å². The van der Waals surface area contributed by atoms with Crippen LogP contribution in [-0.4, -0.2) is 12.2 Å². The van der Waals surface area contributed by atoms with Gasteiger partial charge in [0, 0.05) is 15.0 Å². The first-order chi connectivity index (χ1) is 6.76. The molecule has 74 valence electrons. The summed E-state index contributed by atoms with van der Waals surface area (Å²) in [6.45, 7) is 2.14. The first kappa shape index (κ1) is 9.49. The highest BCUT2D eigenvalue weighted by Crippen LogP contribution is 2.37. The molecule has 0 aliphatic rings. The van der Waals surface area contributed by atoms with Gasteiger partial charge in [0.05, 0.1) is 13.7 Å². The number of hydrogen-bond acceptors (Lipinski definition) is 3. The maximum Gasteiger partial charge on any atom is 0.140 e. The Morgan fingerprint density at radius 2 is 2.21 bits per heavy atom. The van der Waals surface area contributed by atoms with Gasteiger partial charge in [-0.3, -0.25) is 0 Å². The summed E-state index contributed by atoms with van der Waals surface area (Å²) in [5.74, 6) is 0.953. The molecule has 14 heavy (non-hydrogen) atoms. The van der Waals surface area contributed by atoms with Crippen LogP contribution >= 0.6 is 11.3 Å². The zero-order valence-electron chi connectivity index (χ0n) is 8.20. The highest BCUT2D eigenvalue weighted by atomic mass is 32.1. The van der Waals surface area contributed by atoms with Gasteiger partial charge in [-0.2, -0.15) is 0 Å². The molecule has 2 nitrogen and oxygen atoms in total. The zero-order valence-corrected chi connectivity index (χ0v) is 9.02. The van der Waals surface area contributed by atoms with Crippen molar-refractivity contribution in [1.82, 2.24) is 0 Å². The molecule has 1 aromatic carbocycles. The smallest absolute Gasteiger partial charge is 0.140 e. The molecule has 0 saturated carbocycles. The van der Waals surface area contributed by atoms with Crippen molar-refractivity contribution in [2.24, 2.45) is 0 Å². The van der Waals surface area contributed by atoms with E-state index in [9.17, 15) is 0 Å². The van der Waals surface area contributed by atoms with Crippen molar-refractivity contribution in [2.75, 3.05) is 7.11 Å². The van der Waals surface area contributed by atoms with Crippen molar-refractivity contribution in [3.8, 4) is 5.75 Å². The Bertz CT molecular complexity index is 460. The highest BCUT2D eigenvalue weighted by molar-refractivity contribution is 7.19. The molecular weight excluding hydrogens is 196 g/mol. The standard InChI is InChI=1S/C11H12O2S/c1-7-11(13-2)9-4-3-8(6-12)5-10(9)14-7/h3-5,12H,6H2,1-2H3. The summed E-state index contributed by atoms with van der Waals surface area (Å²) in [6, 6.07) is 5.94. The second kappa shape index (κ2) is 3.59. The van der Waals surface area contributed by atoms with Gasteiger partial charge in [0.25, 0.3) is 0 Å². The SMILES string of the molecule is COc1c(C)sc2cc(CO)ccc12. The predicted octanol–water partition coefficient (Wildman–Crippen LogP) is 2.71. The van der Waals surface area contributed by atoms with Gasteiger partial charge in [-0.1, -0.05) is 6.07 Å². The lowest BCUT2D eigenvalue weighted by molar-refractivity contribution is 0.282. The molecule has 0 saturated heterocycles. The van der Waals surface area contributed by atoms with Gasteiger partial charge in [0.1, 0.15) is 5.75 Å². The number of aliphatic hydroxyl groups is 1. The van der Waals surface area contributed by atoms with Crippen molar-refractivity contribution >= 4 is 21.4 Å². The van der Waals surface area contributed by atoms with Crippen LogP contribution in [0, 0.1) is 6.92 Å². The molecule has 0 radical (unpaired) electrons. The van der Waals surface area contributed by atoms with Gasteiger partial charge in [-0.05, 0) is 24.6 Å². The topological polar surface area (TPSA) is 29.5 Å². The number of hydrogen-bond donors (Lipinski definition) is 1. The summed E-state index contributed by atoms with van der Waals surface area (Å²) >= 11 is 1.70. The quantitative estimate of drug-likeness (QED) is 0.822. The first-order valence-corrected chi connectivity index (χ1v) is 5.24. The molecule has 0 fully saturated rings. The largest absolute Gasteiger partial charge is 0.495 e. The highest BCUT2D eigenvalue weighted by Gasteiger charge is 2.08. The maximum absolute atomic E-state index is 9.00. The van der Waals surface area contributed by atoms with E-state index in [0.29, 0.717) is 0 Å². The van der Waals surface area contributed by atoms with Crippen LogP contribution in [0.4, 0.5) is 0 Å². The van der Waals surface area contributed by atoms with E-state index < -0.39 is 0 Å². The molecule has 0 bridgehead atoms. The van der Waals surface area contributed by atoms with Crippen LogP contribution in [-0.2, 0) is 6.61 Å². The summed E-state index contributed by atoms with van der Waals surface area (Å²) in [4.78, 5) is 1.18. The summed E-state index contributed by atoms with van der Waals surface area (Å²) in [5.41, 5.74) is 0.946. The number of ether oxygens (including phenoxy) is 1. The lowest BCUT2D eigenvalue weighted by Gasteiger charge is -1.99. The van der Waals surface area contributed by atoms with Crippen molar-refractivity contribution in [2.45, 2.75) is 13.5 Å². The summed E-state index contributed by atoms with van der Waals surface area (Å²) in [6.07, 6.45) is 0. The second-order valence-corrected chi connectivity index (χ2v) is 4.44. The minimum Gasteiger partial charge on any atom is -0.495 e. The van der Waals surface area contributed by atoms with E-state index in [1.54, 1.807) is 18.4 Å². The molecule has 0 aliphatic heterocycles. The number of thiophene rings is 1. The predicted molar refractivity (Wildman–Crippen MR) is 59.0 cm³/mol. The Labute approximate surface area is 86.8 Å². The minimum atomic E-state index is 0.0925. The molecule has 1 aromatic heterocycles. The molecule has 3 heteroatoms. The summed E-state index contributed by atoms with van der Waals surface area (Å²) in [5, 5.41) is 10.1. The van der Waals surface area contributed by atoms with Crippen molar-refractivity contribution in [3.63, 3.8) is 0 Å². The Balaban J connectivity index is 2.68. The molecule has 1 heterocycles. The fraction of sp³-hybridized carbons (Fsp3) is 0.273. The Hall–Kier alpha value is -1.06. The summed E-state index contributed by atoms with van der Waals surface area (Å²) in [7, 11) is 1.69. The van der Waals surface area contributed by atoms with Crippen molar-refractivity contribution < 1.29 is 9.84 Å². The molecule has 0 spiro atoms. The van der Waals surface area contributed by atoms with E-state index in [-0.39, 0.29) is 6.61 Å². The van der Waals surface area contributed by atoms with Gasteiger partial charge in [0.2, 0.25) is 0 Å². The molecule has 2 aromatic rings. The van der Waals surface area contributed by atoms with Crippen LogP contribution in [0.15, 0.2) is 18.2 Å². The molecular formula is C11H12O2S. The van der Waals surface area contributed by atoms with Crippen LogP contribution in [0.25, 0.3) is 10.1 Å². The molecule has 0 aliphatic carbocycles. The van der Waals surface area contributed by atoms with E-state index in [0.717, 1.165) is 16.7 Å². The fourth-order valence-electron chi connectivity index (χ4n) is 1.59. The molecule has 0 unspecified atom stereocenters. The van der Waals surface area contributed by atoms with Crippen LogP contribution < -0.4 is 4.74 Å². The van der Waals surface area contributed by atoms with Crippen molar-refractivity contribution in [1.29, 1.82) is 0 Å². The van der Waals surface area contributed by atoms with E-state index >= 15 is 0 Å². The van der Waals surface area contributed by atoms with Crippen LogP contribution in [0.5, 0.6) is 5.75 Å². The Morgan fingerprint density at radius 1 is 1.43 bits per heavy atom. The van der Waals surface area contributed by atoms with E-state index in [4.69, 9.17) is 9.84 Å². The second-order valence-electron chi connectivity index (χ2n) is 3.18. The minimum absolute atomic E-state index is 0.0925. The molecule has 1 N–H and O–H groups in total. The van der Waals surface area contributed by atoms with E-state index in [2.05, 4.69) is 0 Å². The average molecular weight is 208 g/mol. The normalized spacial score (nSPS) is 10.8. The lowest BCUT2D eigenvalue weighted by atomic mass is 10.2. The fourth-order valence-corrected chi connectivity index (χ4v) is 2.69. The number of aryl methyl sites for hydroxylation is 1. The van der Waals surface area contributed by atoms with Crippen LogP contribution in [0.1, 0.15) is 10.4 Å². The number of aliphatic hydroxyl groups excluding tert-OH is 1. The summed E-state index contributed by atoms with van der Waals surface area (Å²) < 4.78 is 6.49.